The Labute approximate surface area is 124 Å². The maximum Gasteiger partial charge on any atom is 0.374 e. The van der Waals surface area contributed by atoms with Crippen molar-refractivity contribution in [1.29, 1.82) is 0 Å². The summed E-state index contributed by atoms with van der Waals surface area (Å²) in [5, 5.41) is 0.563. The van der Waals surface area contributed by atoms with E-state index in [1.54, 1.807) is 0 Å². The Morgan fingerprint density at radius 3 is 2.57 bits per heavy atom. The van der Waals surface area contributed by atoms with Crippen LogP contribution in [0.2, 0.25) is 5.02 Å². The van der Waals surface area contributed by atoms with Crippen molar-refractivity contribution in [2.45, 2.75) is 6.42 Å². The number of fused-ring (bicyclic) bond motifs is 1. The van der Waals surface area contributed by atoms with Crippen LogP contribution in [-0.2, 0) is 20.7 Å². The zero-order valence-corrected chi connectivity index (χ0v) is 12.0. The second-order valence-electron chi connectivity index (χ2n) is 4.12. The minimum atomic E-state index is -0.854. The quantitative estimate of drug-likeness (QED) is 0.806. The molecule has 0 aliphatic rings. The third kappa shape index (κ3) is 2.90. The number of esters is 2. The molecule has 0 spiro atoms. The normalized spacial score (nSPS) is 10.4. The van der Waals surface area contributed by atoms with Crippen LogP contribution in [0.15, 0.2) is 27.4 Å². The lowest BCUT2D eigenvalue weighted by Gasteiger charge is -2.07. The largest absolute Gasteiger partial charge is 0.469 e. The van der Waals surface area contributed by atoms with Gasteiger partial charge in [-0.15, -0.1) is 0 Å². The molecular weight excluding hydrogens is 300 g/mol. The summed E-state index contributed by atoms with van der Waals surface area (Å²) in [6.07, 6.45) is -0.387. The van der Waals surface area contributed by atoms with Gasteiger partial charge in [-0.05, 0) is 12.1 Å². The van der Waals surface area contributed by atoms with Gasteiger partial charge in [0.05, 0.1) is 31.6 Å². The highest BCUT2D eigenvalue weighted by atomic mass is 35.5. The van der Waals surface area contributed by atoms with Gasteiger partial charge < -0.3 is 13.9 Å². The maximum atomic E-state index is 12.4. The fourth-order valence-electron chi connectivity index (χ4n) is 1.84. The minimum Gasteiger partial charge on any atom is -0.469 e. The van der Waals surface area contributed by atoms with E-state index in [2.05, 4.69) is 9.47 Å². The summed E-state index contributed by atoms with van der Waals surface area (Å²) >= 11 is 5.83. The van der Waals surface area contributed by atoms with Gasteiger partial charge in [0.2, 0.25) is 5.76 Å². The van der Waals surface area contributed by atoms with Gasteiger partial charge in [0.15, 0.2) is 5.43 Å². The Balaban J connectivity index is 2.76. The average Bonchev–Trinajstić information content (AvgIpc) is 2.48. The minimum absolute atomic E-state index is 0.108. The molecule has 21 heavy (non-hydrogen) atoms. The molecule has 6 nitrogen and oxygen atoms in total. The van der Waals surface area contributed by atoms with Crippen LogP contribution >= 0.6 is 11.6 Å². The Hall–Kier alpha value is -2.34. The van der Waals surface area contributed by atoms with Gasteiger partial charge in [0.1, 0.15) is 5.58 Å². The second-order valence-corrected chi connectivity index (χ2v) is 4.56. The van der Waals surface area contributed by atoms with Crippen LogP contribution in [0.1, 0.15) is 16.1 Å². The first-order chi connectivity index (χ1) is 9.97. The van der Waals surface area contributed by atoms with Gasteiger partial charge in [-0.25, -0.2) is 4.79 Å². The molecule has 0 amide bonds. The molecule has 0 aliphatic carbocycles. The van der Waals surface area contributed by atoms with E-state index < -0.39 is 17.4 Å². The molecule has 1 heterocycles. The molecule has 0 N–H and O–H groups in total. The van der Waals surface area contributed by atoms with Crippen LogP contribution in [0.5, 0.6) is 0 Å². The van der Waals surface area contributed by atoms with Gasteiger partial charge in [0.25, 0.3) is 0 Å². The molecule has 110 valence electrons. The zero-order chi connectivity index (χ0) is 15.6. The Morgan fingerprint density at radius 1 is 1.24 bits per heavy atom. The lowest BCUT2D eigenvalue weighted by Crippen LogP contribution is -2.20. The van der Waals surface area contributed by atoms with Gasteiger partial charge in [0, 0.05) is 11.1 Å². The third-order valence-corrected chi connectivity index (χ3v) is 3.10. The molecule has 0 fully saturated rings. The van der Waals surface area contributed by atoms with Crippen molar-refractivity contribution in [3.05, 3.63) is 44.8 Å². The first kappa shape index (κ1) is 15.1. The van der Waals surface area contributed by atoms with E-state index in [0.29, 0.717) is 5.02 Å². The molecular formula is C14H11ClO6. The average molecular weight is 311 g/mol. The zero-order valence-electron chi connectivity index (χ0n) is 11.3. The van der Waals surface area contributed by atoms with Gasteiger partial charge >= 0.3 is 11.9 Å². The Bertz CT molecular complexity index is 777. The molecule has 2 rings (SSSR count). The molecule has 2 aromatic rings. The van der Waals surface area contributed by atoms with Crippen LogP contribution < -0.4 is 5.43 Å². The molecule has 7 heteroatoms. The molecule has 0 aliphatic heterocycles. The van der Waals surface area contributed by atoms with E-state index in [1.807, 2.05) is 0 Å². The molecule has 0 atom stereocenters. The van der Waals surface area contributed by atoms with E-state index >= 15 is 0 Å². The van der Waals surface area contributed by atoms with E-state index in [9.17, 15) is 14.4 Å². The van der Waals surface area contributed by atoms with Gasteiger partial charge in [-0.3, -0.25) is 9.59 Å². The fourth-order valence-corrected chi connectivity index (χ4v) is 2.00. The van der Waals surface area contributed by atoms with E-state index in [4.69, 9.17) is 16.0 Å². The molecule has 0 bridgehead atoms. The SMILES string of the molecule is COC(=O)Cc1c(C(=O)OC)oc2cc(Cl)ccc2c1=O. The van der Waals surface area contributed by atoms with Crippen molar-refractivity contribution in [2.75, 3.05) is 14.2 Å². The topological polar surface area (TPSA) is 82.8 Å². The summed E-state index contributed by atoms with van der Waals surface area (Å²) in [7, 11) is 2.33. The standard InChI is InChI=1S/C14H11ClO6/c1-19-11(16)6-9-12(17)8-4-3-7(15)5-10(8)21-13(9)14(18)20-2/h3-5H,6H2,1-2H3. The highest BCUT2D eigenvalue weighted by molar-refractivity contribution is 6.31. The van der Waals surface area contributed by atoms with Crippen LogP contribution in [0.25, 0.3) is 11.0 Å². The summed E-state index contributed by atoms with van der Waals surface area (Å²) in [6.45, 7) is 0. The monoisotopic (exact) mass is 310 g/mol. The number of hydrogen-bond donors (Lipinski definition) is 0. The number of hydrogen-bond acceptors (Lipinski definition) is 6. The van der Waals surface area contributed by atoms with E-state index in [0.717, 1.165) is 7.11 Å². The summed E-state index contributed by atoms with van der Waals surface area (Å²) in [5.41, 5.74) is -0.469. The Morgan fingerprint density at radius 2 is 1.95 bits per heavy atom. The molecule has 1 aromatic heterocycles. The predicted octanol–water partition coefficient (Wildman–Crippen LogP) is 1.95. The van der Waals surface area contributed by atoms with Crippen molar-refractivity contribution in [3.8, 4) is 0 Å². The van der Waals surface area contributed by atoms with Crippen LogP contribution in [0, 0.1) is 0 Å². The van der Waals surface area contributed by atoms with E-state index in [1.165, 1.54) is 25.3 Å². The van der Waals surface area contributed by atoms with E-state index in [-0.39, 0.29) is 28.7 Å². The predicted molar refractivity (Wildman–Crippen MR) is 74.6 cm³/mol. The number of rotatable bonds is 3. The van der Waals surface area contributed by atoms with Crippen molar-refractivity contribution >= 4 is 34.5 Å². The first-order valence-corrected chi connectivity index (χ1v) is 6.26. The molecule has 0 saturated carbocycles. The van der Waals surface area contributed by atoms with Crippen LogP contribution in [-0.4, -0.2) is 26.2 Å². The van der Waals surface area contributed by atoms with Crippen molar-refractivity contribution < 1.29 is 23.5 Å². The lowest BCUT2D eigenvalue weighted by molar-refractivity contribution is -0.139. The summed E-state index contributed by atoms with van der Waals surface area (Å²) < 4.78 is 14.5. The van der Waals surface area contributed by atoms with Crippen molar-refractivity contribution in [3.63, 3.8) is 0 Å². The number of ether oxygens (including phenoxy) is 2. The summed E-state index contributed by atoms with van der Waals surface area (Å²) in [4.78, 5) is 35.6. The smallest absolute Gasteiger partial charge is 0.374 e. The fraction of sp³-hybridized carbons (Fsp3) is 0.214. The number of benzene rings is 1. The summed E-state index contributed by atoms with van der Waals surface area (Å²) in [6, 6.07) is 4.39. The first-order valence-electron chi connectivity index (χ1n) is 5.88. The summed E-state index contributed by atoms with van der Waals surface area (Å²) in [5.74, 6) is -1.85. The molecule has 1 aromatic carbocycles. The molecule has 0 saturated heterocycles. The van der Waals surface area contributed by atoms with Crippen molar-refractivity contribution in [1.82, 2.24) is 0 Å². The maximum absolute atomic E-state index is 12.4. The number of methoxy groups -OCH3 is 2. The third-order valence-electron chi connectivity index (χ3n) is 2.87. The Kier molecular flexibility index (Phi) is 4.28. The lowest BCUT2D eigenvalue weighted by atomic mass is 10.1. The number of halogens is 1. The highest BCUT2D eigenvalue weighted by Crippen LogP contribution is 2.21. The van der Waals surface area contributed by atoms with Crippen LogP contribution in [0.3, 0.4) is 0 Å². The van der Waals surface area contributed by atoms with Gasteiger partial charge in [-0.2, -0.15) is 0 Å². The highest BCUT2D eigenvalue weighted by Gasteiger charge is 2.23. The second kappa shape index (κ2) is 5.97. The molecule has 0 unspecified atom stereocenters. The van der Waals surface area contributed by atoms with Crippen LogP contribution in [0.4, 0.5) is 0 Å². The number of carbonyl (C=O) groups excluding carboxylic acids is 2. The van der Waals surface area contributed by atoms with Gasteiger partial charge in [-0.1, -0.05) is 11.6 Å². The number of carbonyl (C=O) groups is 2. The van der Waals surface area contributed by atoms with Crippen molar-refractivity contribution in [2.24, 2.45) is 0 Å². The molecule has 0 radical (unpaired) electrons.